The SMILES string of the molecule is CNc1nc(CO[Si](C)(C)C(C)(C)C)ccc1C.Cc1ccc(CO[Si](C)(C)C(C)(C)C)nc1N(C)c1ccnc(Cl)n1.Clc1ccnc(Cl)n1. The number of hydrogen-bond acceptors (Lipinski definition) is 10. The highest BCUT2D eigenvalue weighted by Gasteiger charge is 2.38. The molecule has 1 N–H and O–H groups in total. The average molecular weight is 794 g/mol. The summed E-state index contributed by atoms with van der Waals surface area (Å²) in [5.41, 5.74) is 4.13. The van der Waals surface area contributed by atoms with E-state index in [9.17, 15) is 0 Å². The fourth-order valence-corrected chi connectivity index (χ4v) is 6.11. The number of nitrogens with zero attached hydrogens (tertiary/aromatic N) is 7. The Kier molecular flexibility index (Phi) is 16.4. The van der Waals surface area contributed by atoms with Crippen LogP contribution in [-0.2, 0) is 22.1 Å². The lowest BCUT2D eigenvalue weighted by atomic mass is 10.2. The number of aromatic nitrogens is 6. The van der Waals surface area contributed by atoms with Crippen molar-refractivity contribution in [2.24, 2.45) is 0 Å². The molecule has 10 nitrogen and oxygen atoms in total. The van der Waals surface area contributed by atoms with E-state index in [1.807, 2.05) is 44.1 Å². The van der Waals surface area contributed by atoms with Crippen LogP contribution in [0.3, 0.4) is 0 Å². The van der Waals surface area contributed by atoms with Crippen molar-refractivity contribution in [1.29, 1.82) is 0 Å². The predicted molar refractivity (Wildman–Crippen MR) is 219 cm³/mol. The number of nitrogens with one attached hydrogen (secondary N) is 1. The monoisotopic (exact) mass is 792 g/mol. The van der Waals surface area contributed by atoms with E-state index in [1.165, 1.54) is 6.20 Å². The van der Waals surface area contributed by atoms with Crippen molar-refractivity contribution in [1.82, 2.24) is 29.9 Å². The summed E-state index contributed by atoms with van der Waals surface area (Å²) in [7, 11) is 0.322. The van der Waals surface area contributed by atoms with Crippen LogP contribution in [0.4, 0.5) is 17.5 Å². The van der Waals surface area contributed by atoms with Crippen LogP contribution >= 0.6 is 34.8 Å². The van der Waals surface area contributed by atoms with E-state index in [4.69, 9.17) is 48.6 Å². The zero-order valence-electron chi connectivity index (χ0n) is 32.6. The van der Waals surface area contributed by atoms with Gasteiger partial charge >= 0.3 is 0 Å². The standard InChI is InChI=1S/C18H27ClN4OSi.C14H26N2OSi.C4H2Cl2N2/c1-13-8-9-14(12-24-25(6,7)18(2,3)4)21-16(13)23(5)15-10-11-20-17(19)22-15;1-11-8-9-12(16-13(11)15-5)10-17-18(6,7)14(2,3)4;5-3-1-2-7-4(6)8-3/h8-11H,12H2,1-7H3;8-9H,10H2,1-7H3,(H,15,16);1-2H. The number of rotatable bonds is 9. The van der Waals surface area contributed by atoms with Crippen molar-refractivity contribution in [3.05, 3.63) is 87.0 Å². The van der Waals surface area contributed by atoms with Crippen LogP contribution in [0.5, 0.6) is 0 Å². The molecule has 0 aliphatic heterocycles. The molecule has 0 aromatic carbocycles. The first-order valence-electron chi connectivity index (χ1n) is 16.7. The van der Waals surface area contributed by atoms with Crippen molar-refractivity contribution in [3.8, 4) is 0 Å². The molecule has 280 valence electrons. The highest BCUT2D eigenvalue weighted by molar-refractivity contribution is 6.74. The van der Waals surface area contributed by atoms with Gasteiger partial charge < -0.3 is 19.1 Å². The fraction of sp³-hybridized carbons (Fsp3) is 0.500. The number of aryl methyl sites for hydroxylation is 2. The summed E-state index contributed by atoms with van der Waals surface area (Å²) < 4.78 is 12.5. The molecule has 15 heteroatoms. The molecule has 0 radical (unpaired) electrons. The third-order valence-corrected chi connectivity index (χ3v) is 18.7. The van der Waals surface area contributed by atoms with Crippen molar-refractivity contribution in [2.75, 3.05) is 24.3 Å². The fourth-order valence-electron chi connectivity index (χ4n) is 3.76. The Morgan fingerprint density at radius 2 is 1.14 bits per heavy atom. The van der Waals surface area contributed by atoms with E-state index >= 15 is 0 Å². The minimum atomic E-state index is -1.81. The Bertz CT molecular complexity index is 1700. The smallest absolute Gasteiger partial charge is 0.224 e. The summed E-state index contributed by atoms with van der Waals surface area (Å²) in [5.74, 6) is 2.48. The molecular weight excluding hydrogens is 739 g/mol. The number of anilines is 3. The predicted octanol–water partition coefficient (Wildman–Crippen LogP) is 10.9. The molecule has 0 amide bonds. The van der Waals surface area contributed by atoms with E-state index in [0.29, 0.717) is 24.2 Å². The second kappa shape index (κ2) is 18.9. The second-order valence-electron chi connectivity index (χ2n) is 15.2. The van der Waals surface area contributed by atoms with E-state index in [2.05, 4.69) is 117 Å². The molecule has 0 unspecified atom stereocenters. The van der Waals surface area contributed by atoms with Crippen LogP contribution in [-0.4, -0.2) is 60.6 Å². The number of pyridine rings is 2. The summed E-state index contributed by atoms with van der Waals surface area (Å²) in [4.78, 5) is 26.6. The molecule has 4 aromatic rings. The van der Waals surface area contributed by atoms with Gasteiger partial charge in [-0.25, -0.2) is 29.9 Å². The molecule has 0 bridgehead atoms. The minimum absolute atomic E-state index is 0.176. The van der Waals surface area contributed by atoms with Gasteiger partial charge in [-0.1, -0.05) is 65.3 Å². The van der Waals surface area contributed by atoms with Crippen LogP contribution in [0.1, 0.15) is 64.1 Å². The van der Waals surface area contributed by atoms with E-state index in [1.54, 1.807) is 12.3 Å². The summed E-state index contributed by atoms with van der Waals surface area (Å²) in [6.45, 7) is 27.7. The molecular formula is C36H55Cl3N8O2Si2. The first-order valence-corrected chi connectivity index (χ1v) is 23.7. The van der Waals surface area contributed by atoms with Gasteiger partial charge in [-0.3, -0.25) is 0 Å². The van der Waals surface area contributed by atoms with Crippen LogP contribution < -0.4 is 10.2 Å². The second-order valence-corrected chi connectivity index (χ2v) is 25.8. The molecule has 51 heavy (non-hydrogen) atoms. The Labute approximate surface area is 322 Å². The average Bonchev–Trinajstić information content (AvgIpc) is 3.03. The Morgan fingerprint density at radius 3 is 1.57 bits per heavy atom. The van der Waals surface area contributed by atoms with Gasteiger partial charge in [-0.15, -0.1) is 0 Å². The zero-order valence-corrected chi connectivity index (χ0v) is 36.9. The molecule has 0 saturated heterocycles. The van der Waals surface area contributed by atoms with Crippen molar-refractivity contribution >= 4 is 68.9 Å². The minimum Gasteiger partial charge on any atom is -0.411 e. The van der Waals surface area contributed by atoms with Gasteiger partial charge in [0.25, 0.3) is 0 Å². The van der Waals surface area contributed by atoms with Gasteiger partial charge in [0, 0.05) is 26.5 Å². The third-order valence-electron chi connectivity index (χ3n) is 9.16. The van der Waals surface area contributed by atoms with E-state index in [0.717, 1.165) is 34.2 Å². The third kappa shape index (κ3) is 14.0. The molecule has 0 aliphatic rings. The molecule has 4 heterocycles. The highest BCUT2D eigenvalue weighted by atomic mass is 35.5. The molecule has 0 atom stereocenters. The van der Waals surface area contributed by atoms with Gasteiger partial charge in [-0.2, -0.15) is 0 Å². The molecule has 0 fully saturated rings. The topological polar surface area (TPSA) is 111 Å². The molecule has 4 rings (SSSR count). The van der Waals surface area contributed by atoms with Crippen LogP contribution in [0.15, 0.2) is 48.8 Å². The van der Waals surface area contributed by atoms with Crippen LogP contribution in [0, 0.1) is 13.8 Å². The molecule has 0 saturated carbocycles. The summed E-state index contributed by atoms with van der Waals surface area (Å²) in [6, 6.07) is 11.6. The Balaban J connectivity index is 0.000000300. The van der Waals surface area contributed by atoms with Gasteiger partial charge in [0.1, 0.15) is 22.6 Å². The quantitative estimate of drug-likeness (QED) is 0.0998. The number of halogens is 3. The Morgan fingerprint density at radius 1 is 0.667 bits per heavy atom. The molecule has 0 spiro atoms. The Hall–Kier alpha value is -2.72. The van der Waals surface area contributed by atoms with Crippen molar-refractivity contribution in [3.63, 3.8) is 0 Å². The number of hydrogen-bond donors (Lipinski definition) is 1. The zero-order chi connectivity index (χ0) is 38.8. The first-order chi connectivity index (χ1) is 23.5. The molecule has 4 aromatic heterocycles. The molecule has 0 aliphatic carbocycles. The van der Waals surface area contributed by atoms with E-state index in [-0.39, 0.29) is 20.6 Å². The normalized spacial score (nSPS) is 11.9. The summed E-state index contributed by atoms with van der Waals surface area (Å²) in [5, 5.41) is 4.29. The maximum absolute atomic E-state index is 6.29. The van der Waals surface area contributed by atoms with Gasteiger partial charge in [0.05, 0.1) is 24.6 Å². The first kappa shape index (κ1) is 44.4. The van der Waals surface area contributed by atoms with Crippen LogP contribution in [0.2, 0.25) is 52.0 Å². The lowest BCUT2D eigenvalue weighted by Crippen LogP contribution is -2.40. The largest absolute Gasteiger partial charge is 0.411 e. The lowest BCUT2D eigenvalue weighted by Gasteiger charge is -2.36. The maximum Gasteiger partial charge on any atom is 0.224 e. The van der Waals surface area contributed by atoms with Crippen LogP contribution in [0.25, 0.3) is 0 Å². The van der Waals surface area contributed by atoms with Gasteiger partial charge in [0.15, 0.2) is 16.6 Å². The van der Waals surface area contributed by atoms with E-state index < -0.39 is 16.6 Å². The van der Waals surface area contributed by atoms with Crippen molar-refractivity contribution in [2.45, 2.75) is 105 Å². The van der Waals surface area contributed by atoms with Crippen molar-refractivity contribution < 1.29 is 8.85 Å². The van der Waals surface area contributed by atoms with Gasteiger partial charge in [0.2, 0.25) is 10.6 Å². The highest BCUT2D eigenvalue weighted by Crippen LogP contribution is 2.38. The summed E-state index contributed by atoms with van der Waals surface area (Å²) >= 11 is 16.7. The summed E-state index contributed by atoms with van der Waals surface area (Å²) in [6.07, 6.45) is 3.14. The van der Waals surface area contributed by atoms with Gasteiger partial charge in [-0.05, 0) is 109 Å². The lowest BCUT2D eigenvalue weighted by molar-refractivity contribution is 0.272. The maximum atomic E-state index is 6.29.